The molecule has 1 N–H and O–H groups in total. The number of hydrogen-bond donors (Lipinski definition) is 1. The highest BCUT2D eigenvalue weighted by atomic mass is 16.3. The van der Waals surface area contributed by atoms with Gasteiger partial charge in [-0.25, -0.2) is 0 Å². The minimum atomic E-state index is -0.343. The van der Waals surface area contributed by atoms with Gasteiger partial charge in [0.2, 0.25) is 0 Å². The molecule has 17 heavy (non-hydrogen) atoms. The van der Waals surface area contributed by atoms with Gasteiger partial charge in [-0.2, -0.15) is 0 Å². The Hall–Kier alpha value is -1.54. The van der Waals surface area contributed by atoms with Crippen LogP contribution in [0.4, 0.5) is 0 Å². The van der Waals surface area contributed by atoms with Gasteiger partial charge < -0.3 is 9.52 Å². The van der Waals surface area contributed by atoms with Gasteiger partial charge >= 0.3 is 0 Å². The maximum atomic E-state index is 10.3. The van der Waals surface area contributed by atoms with Crippen LogP contribution in [-0.4, -0.2) is 11.2 Å². The van der Waals surface area contributed by atoms with E-state index in [9.17, 15) is 5.11 Å². The molecule has 0 amide bonds. The van der Waals surface area contributed by atoms with Crippen molar-refractivity contribution in [1.29, 1.82) is 0 Å². The van der Waals surface area contributed by atoms with Gasteiger partial charge in [-0.1, -0.05) is 24.3 Å². The Morgan fingerprint density at radius 2 is 2.12 bits per heavy atom. The van der Waals surface area contributed by atoms with E-state index < -0.39 is 0 Å². The minimum Gasteiger partial charge on any atom is -0.469 e. The van der Waals surface area contributed by atoms with Crippen LogP contribution >= 0.6 is 0 Å². The van der Waals surface area contributed by atoms with Crippen LogP contribution in [-0.2, 0) is 12.8 Å². The molecule has 1 aliphatic carbocycles. The molecule has 1 aliphatic rings. The van der Waals surface area contributed by atoms with Crippen molar-refractivity contribution in [1.82, 2.24) is 0 Å². The van der Waals surface area contributed by atoms with Crippen molar-refractivity contribution in [2.24, 2.45) is 0 Å². The standard InChI is InChI=1S/C15H16O2/c16-15(10-12-5-3-9-17-12)14-8-7-11-4-1-2-6-13(11)14/h1-6,9,14-16H,7-8,10H2. The van der Waals surface area contributed by atoms with E-state index in [0.717, 1.165) is 18.6 Å². The van der Waals surface area contributed by atoms with E-state index in [1.807, 2.05) is 12.1 Å². The third kappa shape index (κ3) is 2.01. The Kier molecular flexibility index (Phi) is 2.73. The van der Waals surface area contributed by atoms with Crippen LogP contribution in [0.2, 0.25) is 0 Å². The van der Waals surface area contributed by atoms with Crippen LogP contribution in [0.5, 0.6) is 0 Å². The van der Waals surface area contributed by atoms with E-state index in [1.165, 1.54) is 11.1 Å². The quantitative estimate of drug-likeness (QED) is 0.876. The van der Waals surface area contributed by atoms with Crippen molar-refractivity contribution in [3.63, 3.8) is 0 Å². The van der Waals surface area contributed by atoms with Crippen molar-refractivity contribution in [2.45, 2.75) is 31.3 Å². The molecule has 2 aromatic rings. The third-order valence-electron chi connectivity index (χ3n) is 3.63. The average Bonchev–Trinajstić information content (AvgIpc) is 2.96. The second-order valence-electron chi connectivity index (χ2n) is 4.69. The fourth-order valence-corrected chi connectivity index (χ4v) is 2.77. The van der Waals surface area contributed by atoms with Crippen molar-refractivity contribution < 1.29 is 9.52 Å². The molecule has 3 rings (SSSR count). The lowest BCUT2D eigenvalue weighted by atomic mass is 9.93. The lowest BCUT2D eigenvalue weighted by Crippen LogP contribution is -2.18. The Bertz CT molecular complexity index is 487. The summed E-state index contributed by atoms with van der Waals surface area (Å²) in [6, 6.07) is 12.2. The zero-order valence-electron chi connectivity index (χ0n) is 9.67. The first-order valence-corrected chi connectivity index (χ1v) is 6.13. The Morgan fingerprint density at radius 1 is 1.24 bits per heavy atom. The Balaban J connectivity index is 1.78. The third-order valence-corrected chi connectivity index (χ3v) is 3.63. The second-order valence-corrected chi connectivity index (χ2v) is 4.69. The van der Waals surface area contributed by atoms with Gasteiger partial charge in [0.1, 0.15) is 5.76 Å². The first kappa shape index (κ1) is 10.6. The summed E-state index contributed by atoms with van der Waals surface area (Å²) in [5.41, 5.74) is 2.70. The lowest BCUT2D eigenvalue weighted by Gasteiger charge is -2.18. The topological polar surface area (TPSA) is 33.4 Å². The van der Waals surface area contributed by atoms with E-state index >= 15 is 0 Å². The van der Waals surface area contributed by atoms with E-state index in [0.29, 0.717) is 6.42 Å². The van der Waals surface area contributed by atoms with E-state index in [4.69, 9.17) is 4.42 Å². The van der Waals surface area contributed by atoms with E-state index in [-0.39, 0.29) is 12.0 Å². The van der Waals surface area contributed by atoms with Crippen LogP contribution in [0.1, 0.15) is 29.2 Å². The highest BCUT2D eigenvalue weighted by molar-refractivity contribution is 5.35. The number of furan rings is 1. The molecule has 0 bridgehead atoms. The average molecular weight is 228 g/mol. The van der Waals surface area contributed by atoms with Crippen molar-refractivity contribution in [3.8, 4) is 0 Å². The molecular formula is C15H16O2. The highest BCUT2D eigenvalue weighted by Gasteiger charge is 2.28. The van der Waals surface area contributed by atoms with Crippen LogP contribution < -0.4 is 0 Å². The predicted molar refractivity (Wildman–Crippen MR) is 65.9 cm³/mol. The zero-order valence-corrected chi connectivity index (χ0v) is 9.67. The van der Waals surface area contributed by atoms with Crippen LogP contribution in [0, 0.1) is 0 Å². The number of hydrogen-bond acceptors (Lipinski definition) is 2. The predicted octanol–water partition coefficient (Wildman–Crippen LogP) is 2.91. The molecule has 0 saturated carbocycles. The molecule has 0 radical (unpaired) electrons. The smallest absolute Gasteiger partial charge is 0.106 e. The molecule has 2 heteroatoms. The van der Waals surface area contributed by atoms with Gasteiger partial charge in [0.15, 0.2) is 0 Å². The molecule has 0 spiro atoms. The Labute approximate surface area is 101 Å². The fraction of sp³-hybridized carbons (Fsp3) is 0.333. The van der Waals surface area contributed by atoms with Crippen LogP contribution in [0.3, 0.4) is 0 Å². The van der Waals surface area contributed by atoms with Crippen molar-refractivity contribution >= 4 is 0 Å². The molecular weight excluding hydrogens is 212 g/mol. The van der Waals surface area contributed by atoms with E-state index in [2.05, 4.69) is 24.3 Å². The normalized spacial score (nSPS) is 20.2. The largest absolute Gasteiger partial charge is 0.469 e. The summed E-state index contributed by atoms with van der Waals surface area (Å²) in [4.78, 5) is 0. The summed E-state index contributed by atoms with van der Waals surface area (Å²) in [5, 5.41) is 10.3. The number of aliphatic hydroxyl groups is 1. The zero-order chi connectivity index (χ0) is 11.7. The maximum Gasteiger partial charge on any atom is 0.106 e. The summed E-state index contributed by atoms with van der Waals surface area (Å²) < 4.78 is 5.29. The summed E-state index contributed by atoms with van der Waals surface area (Å²) in [6.45, 7) is 0. The van der Waals surface area contributed by atoms with Crippen molar-refractivity contribution in [3.05, 3.63) is 59.5 Å². The molecule has 2 unspecified atom stereocenters. The van der Waals surface area contributed by atoms with Crippen LogP contribution in [0.25, 0.3) is 0 Å². The highest BCUT2D eigenvalue weighted by Crippen LogP contribution is 2.36. The minimum absolute atomic E-state index is 0.260. The van der Waals surface area contributed by atoms with Gasteiger partial charge in [0.25, 0.3) is 0 Å². The number of fused-ring (bicyclic) bond motifs is 1. The van der Waals surface area contributed by atoms with Gasteiger partial charge in [-0.15, -0.1) is 0 Å². The van der Waals surface area contributed by atoms with Gasteiger partial charge in [-0.3, -0.25) is 0 Å². The number of rotatable bonds is 3. The summed E-state index contributed by atoms with van der Waals surface area (Å²) in [7, 11) is 0. The molecule has 0 saturated heterocycles. The van der Waals surface area contributed by atoms with Gasteiger partial charge in [0, 0.05) is 12.3 Å². The SMILES string of the molecule is OC(Cc1ccco1)C1CCc2ccccc21. The molecule has 1 aromatic heterocycles. The summed E-state index contributed by atoms with van der Waals surface area (Å²) in [6.07, 6.45) is 4.04. The molecule has 2 nitrogen and oxygen atoms in total. The molecule has 1 aromatic carbocycles. The second kappa shape index (κ2) is 4.38. The van der Waals surface area contributed by atoms with Crippen molar-refractivity contribution in [2.75, 3.05) is 0 Å². The summed E-state index contributed by atoms with van der Waals surface area (Å²) >= 11 is 0. The monoisotopic (exact) mass is 228 g/mol. The van der Waals surface area contributed by atoms with Gasteiger partial charge in [-0.05, 0) is 36.1 Å². The van der Waals surface area contributed by atoms with E-state index in [1.54, 1.807) is 6.26 Å². The Morgan fingerprint density at radius 3 is 2.94 bits per heavy atom. The first-order valence-electron chi connectivity index (χ1n) is 6.13. The first-order chi connectivity index (χ1) is 8.34. The fourth-order valence-electron chi connectivity index (χ4n) is 2.77. The van der Waals surface area contributed by atoms with Gasteiger partial charge in [0.05, 0.1) is 12.4 Å². The molecule has 88 valence electrons. The molecule has 2 atom stereocenters. The number of aliphatic hydroxyl groups excluding tert-OH is 1. The molecule has 0 fully saturated rings. The maximum absolute atomic E-state index is 10.3. The summed E-state index contributed by atoms with van der Waals surface area (Å²) in [5.74, 6) is 1.12. The number of benzene rings is 1. The number of aryl methyl sites for hydroxylation is 1. The lowest BCUT2D eigenvalue weighted by molar-refractivity contribution is 0.136. The van der Waals surface area contributed by atoms with Crippen LogP contribution in [0.15, 0.2) is 47.1 Å². The molecule has 1 heterocycles. The molecule has 0 aliphatic heterocycles.